The van der Waals surface area contributed by atoms with E-state index in [0.29, 0.717) is 24.5 Å². The van der Waals surface area contributed by atoms with Gasteiger partial charge in [-0.1, -0.05) is 36.1 Å². The Morgan fingerprint density at radius 2 is 1.55 bits per heavy atom. The van der Waals surface area contributed by atoms with E-state index < -0.39 is 5.63 Å². The van der Waals surface area contributed by atoms with Crippen molar-refractivity contribution in [3.05, 3.63) is 124 Å². The highest BCUT2D eigenvalue weighted by atomic mass is 19.1. The van der Waals surface area contributed by atoms with Gasteiger partial charge in [0.2, 0.25) is 0 Å². The van der Waals surface area contributed by atoms with Crippen molar-refractivity contribution in [1.82, 2.24) is 9.80 Å². The average molecular weight is 541 g/mol. The Balaban J connectivity index is 1.14. The maximum Gasteiger partial charge on any atom is 0.336 e. The van der Waals surface area contributed by atoms with E-state index >= 15 is 0 Å². The van der Waals surface area contributed by atoms with Crippen molar-refractivity contribution in [2.45, 2.75) is 13.0 Å². The third kappa shape index (κ3) is 7.03. The van der Waals surface area contributed by atoms with E-state index in [1.165, 1.54) is 30.3 Å². The average Bonchev–Trinajstić information content (AvgIpc) is 2.96. The van der Waals surface area contributed by atoms with E-state index in [0.717, 1.165) is 48.3 Å². The topological polar surface area (TPSA) is 45.9 Å². The van der Waals surface area contributed by atoms with Gasteiger partial charge in [0.25, 0.3) is 0 Å². The van der Waals surface area contributed by atoms with Crippen molar-refractivity contribution >= 4 is 11.0 Å². The van der Waals surface area contributed by atoms with Crippen molar-refractivity contribution < 1.29 is 17.9 Å². The van der Waals surface area contributed by atoms with Crippen molar-refractivity contribution in [2.24, 2.45) is 0 Å². The SMILES string of the molecule is C/C(C#CCN1CCN(C(c2ccc(F)cc2)c2ccc(F)cc2)CC1)=C\COc1ccc2ccc(=O)oc2c1. The molecule has 0 amide bonds. The molecule has 0 N–H and O–H groups in total. The molecule has 2 heterocycles. The molecule has 204 valence electrons. The molecular formula is C33H30F2N2O3. The van der Waals surface area contributed by atoms with Crippen LogP contribution in [-0.2, 0) is 0 Å². The number of hydrogen-bond donors (Lipinski definition) is 0. The van der Waals surface area contributed by atoms with Gasteiger partial charge in [0.15, 0.2) is 0 Å². The molecule has 0 aliphatic carbocycles. The molecule has 0 radical (unpaired) electrons. The van der Waals surface area contributed by atoms with Crippen LogP contribution in [0.4, 0.5) is 8.78 Å². The minimum absolute atomic E-state index is 0.0711. The predicted molar refractivity (Wildman–Crippen MR) is 152 cm³/mol. The lowest BCUT2D eigenvalue weighted by Crippen LogP contribution is -2.47. The molecule has 0 saturated carbocycles. The van der Waals surface area contributed by atoms with Gasteiger partial charge in [0.05, 0.1) is 12.6 Å². The van der Waals surface area contributed by atoms with Crippen LogP contribution in [0.1, 0.15) is 24.1 Å². The number of nitrogens with zero attached hydrogens (tertiary/aromatic N) is 2. The van der Waals surface area contributed by atoms with Crippen LogP contribution in [0.25, 0.3) is 11.0 Å². The highest BCUT2D eigenvalue weighted by molar-refractivity contribution is 5.77. The molecule has 0 atom stereocenters. The molecule has 1 saturated heterocycles. The van der Waals surface area contributed by atoms with Crippen LogP contribution in [0.5, 0.6) is 5.75 Å². The van der Waals surface area contributed by atoms with Gasteiger partial charge in [-0.3, -0.25) is 9.80 Å². The molecule has 1 fully saturated rings. The second-order valence-electron chi connectivity index (χ2n) is 9.77. The number of benzene rings is 3. The molecule has 5 rings (SSSR count). The van der Waals surface area contributed by atoms with Gasteiger partial charge in [-0.2, -0.15) is 0 Å². The molecule has 0 bridgehead atoms. The summed E-state index contributed by atoms with van der Waals surface area (Å²) in [5.74, 6) is 6.52. The molecule has 0 spiro atoms. The number of allylic oxidation sites excluding steroid dienone is 1. The molecule has 1 aliphatic heterocycles. The van der Waals surface area contributed by atoms with E-state index in [4.69, 9.17) is 9.15 Å². The van der Waals surface area contributed by atoms with Gasteiger partial charge in [-0.25, -0.2) is 13.6 Å². The van der Waals surface area contributed by atoms with Crippen LogP contribution in [0.2, 0.25) is 0 Å². The summed E-state index contributed by atoms with van der Waals surface area (Å²) >= 11 is 0. The van der Waals surface area contributed by atoms with E-state index in [1.54, 1.807) is 36.4 Å². The number of hydrogen-bond acceptors (Lipinski definition) is 5. The van der Waals surface area contributed by atoms with Crippen LogP contribution in [-0.4, -0.2) is 49.1 Å². The minimum atomic E-state index is -0.391. The molecule has 4 aromatic rings. The number of rotatable bonds is 7. The molecule has 5 nitrogen and oxygen atoms in total. The first kappa shape index (κ1) is 27.3. The quantitative estimate of drug-likeness (QED) is 0.219. The lowest BCUT2D eigenvalue weighted by atomic mass is 9.96. The van der Waals surface area contributed by atoms with Crippen LogP contribution >= 0.6 is 0 Å². The first-order chi connectivity index (χ1) is 19.4. The lowest BCUT2D eigenvalue weighted by molar-refractivity contribution is 0.119. The van der Waals surface area contributed by atoms with Gasteiger partial charge in [-0.05, 0) is 72.2 Å². The summed E-state index contributed by atoms with van der Waals surface area (Å²) in [4.78, 5) is 16.1. The van der Waals surface area contributed by atoms with Gasteiger partial charge in [0.1, 0.15) is 29.6 Å². The maximum absolute atomic E-state index is 13.6. The first-order valence-electron chi connectivity index (χ1n) is 13.2. The van der Waals surface area contributed by atoms with E-state index in [2.05, 4.69) is 21.6 Å². The van der Waals surface area contributed by atoms with Crippen LogP contribution < -0.4 is 10.4 Å². The summed E-state index contributed by atoms with van der Waals surface area (Å²) in [6.07, 6.45) is 1.92. The summed E-state index contributed by atoms with van der Waals surface area (Å²) < 4.78 is 38.1. The summed E-state index contributed by atoms with van der Waals surface area (Å²) in [5, 5.41) is 0.840. The zero-order chi connectivity index (χ0) is 27.9. The Bertz CT molecular complexity index is 1550. The predicted octanol–water partition coefficient (Wildman–Crippen LogP) is 5.81. The van der Waals surface area contributed by atoms with Gasteiger partial charge >= 0.3 is 5.63 Å². The Hall–Kier alpha value is -4.25. The van der Waals surface area contributed by atoms with Crippen molar-refractivity contribution in [1.29, 1.82) is 0 Å². The van der Waals surface area contributed by atoms with E-state index in [9.17, 15) is 13.6 Å². The monoisotopic (exact) mass is 540 g/mol. The fraction of sp³-hybridized carbons (Fsp3) is 0.242. The number of ether oxygens (including phenoxy) is 1. The Kier molecular flexibility index (Phi) is 8.70. The van der Waals surface area contributed by atoms with Crippen LogP contribution in [0, 0.1) is 23.5 Å². The third-order valence-corrected chi connectivity index (χ3v) is 6.97. The minimum Gasteiger partial charge on any atom is -0.489 e. The molecular weight excluding hydrogens is 510 g/mol. The summed E-state index contributed by atoms with van der Waals surface area (Å²) in [7, 11) is 0. The van der Waals surface area contributed by atoms with E-state index in [-0.39, 0.29) is 17.7 Å². The smallest absolute Gasteiger partial charge is 0.336 e. The highest BCUT2D eigenvalue weighted by Crippen LogP contribution is 2.30. The Labute approximate surface area is 232 Å². The van der Waals surface area contributed by atoms with Gasteiger partial charge < -0.3 is 9.15 Å². The Morgan fingerprint density at radius 3 is 2.20 bits per heavy atom. The summed E-state index contributed by atoms with van der Waals surface area (Å²) in [6, 6.07) is 21.6. The molecule has 0 unspecified atom stereocenters. The van der Waals surface area contributed by atoms with Crippen LogP contribution in [0.15, 0.2) is 99.7 Å². The second-order valence-corrected chi connectivity index (χ2v) is 9.77. The number of piperazine rings is 1. The Morgan fingerprint density at radius 1 is 0.925 bits per heavy atom. The number of halogens is 2. The van der Waals surface area contributed by atoms with Gasteiger partial charge in [0, 0.05) is 43.7 Å². The molecule has 3 aromatic carbocycles. The van der Waals surface area contributed by atoms with Crippen molar-refractivity contribution in [3.8, 4) is 17.6 Å². The zero-order valence-corrected chi connectivity index (χ0v) is 22.3. The third-order valence-electron chi connectivity index (χ3n) is 6.97. The zero-order valence-electron chi connectivity index (χ0n) is 22.3. The highest BCUT2D eigenvalue weighted by Gasteiger charge is 2.26. The van der Waals surface area contributed by atoms with E-state index in [1.807, 2.05) is 25.1 Å². The number of fused-ring (bicyclic) bond motifs is 1. The fourth-order valence-electron chi connectivity index (χ4n) is 4.82. The maximum atomic E-state index is 13.6. The second kappa shape index (κ2) is 12.7. The first-order valence-corrected chi connectivity index (χ1v) is 13.2. The molecule has 40 heavy (non-hydrogen) atoms. The van der Waals surface area contributed by atoms with Crippen LogP contribution in [0.3, 0.4) is 0 Å². The van der Waals surface area contributed by atoms with Gasteiger partial charge in [-0.15, -0.1) is 0 Å². The molecule has 1 aliphatic rings. The lowest BCUT2D eigenvalue weighted by Gasteiger charge is -2.39. The summed E-state index contributed by atoms with van der Waals surface area (Å²) in [5.41, 5.74) is 2.98. The fourth-order valence-corrected chi connectivity index (χ4v) is 4.82. The summed E-state index contributed by atoms with van der Waals surface area (Å²) in [6.45, 7) is 6.28. The standard InChI is InChI=1S/C33H30F2N2O3/c1-24(16-22-39-30-14-8-25-9-15-32(38)40-31(25)23-30)3-2-17-36-18-20-37(21-19-36)33(26-4-10-28(34)11-5-26)27-6-12-29(35)13-7-27/h4-16,23,33H,17-22H2,1H3/b24-16+. The normalized spacial score (nSPS) is 14.8. The largest absolute Gasteiger partial charge is 0.489 e. The molecule has 7 heteroatoms. The van der Waals surface area contributed by atoms with Crippen molar-refractivity contribution in [2.75, 3.05) is 39.3 Å². The van der Waals surface area contributed by atoms with Crippen molar-refractivity contribution in [3.63, 3.8) is 0 Å². The molecule has 1 aromatic heterocycles.